The van der Waals surface area contributed by atoms with Gasteiger partial charge in [0.25, 0.3) is 5.56 Å². The smallest absolute Gasteiger partial charge is 0.269 e. The van der Waals surface area contributed by atoms with Crippen LogP contribution in [-0.4, -0.2) is 4.57 Å². The number of allylic oxidation sites excluding steroid dienone is 1. The lowest BCUT2D eigenvalue weighted by Crippen LogP contribution is -2.23. The molecule has 0 unspecified atom stereocenters. The number of benzene rings is 1. The highest BCUT2D eigenvalue weighted by molar-refractivity contribution is 5.62. The molecule has 0 N–H and O–H groups in total. The van der Waals surface area contributed by atoms with Crippen LogP contribution >= 0.6 is 0 Å². The van der Waals surface area contributed by atoms with Crippen LogP contribution < -0.4 is 5.56 Å². The third-order valence-electron chi connectivity index (χ3n) is 4.25. The molecule has 0 amide bonds. The molecule has 0 aliphatic heterocycles. The molecule has 0 fully saturated rings. The van der Waals surface area contributed by atoms with E-state index in [1.54, 1.807) is 16.7 Å². The van der Waals surface area contributed by atoms with Crippen LogP contribution in [0.3, 0.4) is 0 Å². The highest BCUT2D eigenvalue weighted by Crippen LogP contribution is 2.27. The molecule has 0 atom stereocenters. The Kier molecular flexibility index (Phi) is 3.93. The fourth-order valence-corrected chi connectivity index (χ4v) is 3.12. The van der Waals surface area contributed by atoms with E-state index in [1.807, 2.05) is 12.1 Å². The van der Waals surface area contributed by atoms with Gasteiger partial charge < -0.3 is 4.57 Å². The van der Waals surface area contributed by atoms with Crippen molar-refractivity contribution in [3.8, 4) is 17.3 Å². The summed E-state index contributed by atoms with van der Waals surface area (Å²) >= 11 is 0. The Morgan fingerprint density at radius 2 is 1.95 bits per heavy atom. The van der Waals surface area contributed by atoms with Crippen LogP contribution in [0.4, 0.5) is 0 Å². The molecule has 3 nitrogen and oxygen atoms in total. The number of hydrogen-bond donors (Lipinski definition) is 0. The second kappa shape index (κ2) is 6.03. The average Bonchev–Trinajstić information content (AvgIpc) is 2.56. The Hall–Kier alpha value is -2.60. The Labute approximate surface area is 130 Å². The Balaban J connectivity index is 2.16. The molecule has 0 bridgehead atoms. The van der Waals surface area contributed by atoms with Crippen molar-refractivity contribution in [1.29, 1.82) is 5.26 Å². The lowest BCUT2D eigenvalue weighted by molar-refractivity contribution is 0.685. The van der Waals surface area contributed by atoms with Crippen molar-refractivity contribution in [3.63, 3.8) is 0 Å². The van der Waals surface area contributed by atoms with Gasteiger partial charge in [0.1, 0.15) is 11.6 Å². The Bertz CT molecular complexity index is 824. The molecule has 1 heterocycles. The normalized spacial score (nSPS) is 13.2. The first-order chi connectivity index (χ1) is 10.7. The predicted molar refractivity (Wildman–Crippen MR) is 87.7 cm³/mol. The number of nitriles is 1. The molecule has 3 rings (SSSR count). The molecule has 0 saturated carbocycles. The third kappa shape index (κ3) is 2.48. The number of aryl methyl sites for hydroxylation is 2. The van der Waals surface area contributed by atoms with Crippen molar-refractivity contribution < 1.29 is 0 Å². The molecule has 2 aromatic rings. The Morgan fingerprint density at radius 1 is 1.18 bits per heavy atom. The number of fused-ring (bicyclic) bond motifs is 1. The highest BCUT2D eigenvalue weighted by Gasteiger charge is 2.13. The monoisotopic (exact) mass is 290 g/mol. The molecule has 1 aromatic heterocycles. The van der Waals surface area contributed by atoms with Crippen molar-refractivity contribution in [1.82, 2.24) is 4.57 Å². The summed E-state index contributed by atoms with van der Waals surface area (Å²) < 4.78 is 1.62. The van der Waals surface area contributed by atoms with Gasteiger partial charge in [-0.1, -0.05) is 18.2 Å². The maximum atomic E-state index is 12.4. The minimum atomic E-state index is -0.252. The van der Waals surface area contributed by atoms with Gasteiger partial charge in [-0.25, -0.2) is 0 Å². The van der Waals surface area contributed by atoms with Gasteiger partial charge in [0.2, 0.25) is 0 Å². The molecule has 1 aromatic carbocycles. The first kappa shape index (κ1) is 14.3. The summed E-state index contributed by atoms with van der Waals surface area (Å²) in [7, 11) is 0. The van der Waals surface area contributed by atoms with Gasteiger partial charge >= 0.3 is 0 Å². The Morgan fingerprint density at radius 3 is 2.68 bits per heavy atom. The molecular formula is C19H18N2O. The number of hydrogen-bond acceptors (Lipinski definition) is 2. The molecule has 22 heavy (non-hydrogen) atoms. The van der Waals surface area contributed by atoms with Crippen molar-refractivity contribution in [2.75, 3.05) is 0 Å². The molecule has 110 valence electrons. The van der Waals surface area contributed by atoms with Crippen molar-refractivity contribution >= 4 is 0 Å². The summed E-state index contributed by atoms with van der Waals surface area (Å²) in [6, 6.07) is 11.9. The summed E-state index contributed by atoms with van der Waals surface area (Å²) in [6.07, 6.45) is 6.41. The second-order valence-electron chi connectivity index (χ2n) is 5.64. The van der Waals surface area contributed by atoms with Crippen LogP contribution in [0, 0.1) is 11.3 Å². The first-order valence-corrected chi connectivity index (χ1v) is 7.61. The third-order valence-corrected chi connectivity index (χ3v) is 4.25. The maximum absolute atomic E-state index is 12.4. The van der Waals surface area contributed by atoms with Crippen molar-refractivity contribution in [2.24, 2.45) is 0 Å². The molecule has 0 saturated heterocycles. The van der Waals surface area contributed by atoms with Gasteiger partial charge in [-0.3, -0.25) is 4.79 Å². The average molecular weight is 290 g/mol. The van der Waals surface area contributed by atoms with Gasteiger partial charge in [0, 0.05) is 6.54 Å². The number of nitrogens with zero attached hydrogens (tertiary/aromatic N) is 2. The zero-order valence-electron chi connectivity index (χ0n) is 12.5. The van der Waals surface area contributed by atoms with E-state index >= 15 is 0 Å². The molecule has 1 aliphatic carbocycles. The zero-order valence-corrected chi connectivity index (χ0v) is 12.5. The van der Waals surface area contributed by atoms with E-state index < -0.39 is 0 Å². The summed E-state index contributed by atoms with van der Waals surface area (Å²) in [6.45, 7) is 4.12. The topological polar surface area (TPSA) is 45.8 Å². The highest BCUT2D eigenvalue weighted by atomic mass is 16.1. The summed E-state index contributed by atoms with van der Waals surface area (Å²) in [5.41, 5.74) is 4.59. The minimum Gasteiger partial charge on any atom is -0.303 e. The molecule has 0 radical (unpaired) electrons. The molecule has 3 heteroatoms. The first-order valence-electron chi connectivity index (χ1n) is 7.61. The van der Waals surface area contributed by atoms with Gasteiger partial charge in [-0.05, 0) is 60.6 Å². The van der Waals surface area contributed by atoms with Gasteiger partial charge in [-0.15, -0.1) is 6.58 Å². The summed E-state index contributed by atoms with van der Waals surface area (Å²) in [5.74, 6) is 0. The van der Waals surface area contributed by atoms with E-state index in [0.717, 1.165) is 24.1 Å². The summed E-state index contributed by atoms with van der Waals surface area (Å²) in [4.78, 5) is 12.4. The molecular weight excluding hydrogens is 272 g/mol. The quantitative estimate of drug-likeness (QED) is 0.813. The standard InChI is InChI=1S/C19H18N2O/c1-2-11-21-18(10-9-17(13-20)19(21)22)16-8-7-14-5-3-4-6-15(14)12-16/h2,7-10,12H,1,3-6,11H2. The SMILES string of the molecule is C=CCn1c(-c2ccc3c(c2)CCCC3)ccc(C#N)c1=O. The second-order valence-corrected chi connectivity index (χ2v) is 5.64. The van der Waals surface area contributed by atoms with E-state index in [0.29, 0.717) is 6.54 Å². The van der Waals surface area contributed by atoms with E-state index in [2.05, 4.69) is 24.8 Å². The maximum Gasteiger partial charge on any atom is 0.269 e. The lowest BCUT2D eigenvalue weighted by Gasteiger charge is -2.18. The minimum absolute atomic E-state index is 0.170. The van der Waals surface area contributed by atoms with Crippen molar-refractivity contribution in [3.05, 3.63) is 70.0 Å². The van der Waals surface area contributed by atoms with Crippen LogP contribution in [0.15, 0.2) is 47.8 Å². The van der Waals surface area contributed by atoms with E-state index in [4.69, 9.17) is 5.26 Å². The molecule has 1 aliphatic rings. The van der Waals surface area contributed by atoms with E-state index in [-0.39, 0.29) is 11.1 Å². The van der Waals surface area contributed by atoms with Crippen LogP contribution in [0.5, 0.6) is 0 Å². The zero-order chi connectivity index (χ0) is 15.5. The van der Waals surface area contributed by atoms with Gasteiger partial charge in [0.15, 0.2) is 0 Å². The van der Waals surface area contributed by atoms with Crippen molar-refractivity contribution in [2.45, 2.75) is 32.2 Å². The van der Waals surface area contributed by atoms with Crippen LogP contribution in [-0.2, 0) is 19.4 Å². The fourth-order valence-electron chi connectivity index (χ4n) is 3.12. The van der Waals surface area contributed by atoms with Crippen LogP contribution in [0.1, 0.15) is 29.5 Å². The van der Waals surface area contributed by atoms with E-state index in [1.165, 1.54) is 24.0 Å². The van der Waals surface area contributed by atoms with Gasteiger partial charge in [0.05, 0.1) is 5.69 Å². The molecule has 0 spiro atoms. The van der Waals surface area contributed by atoms with E-state index in [9.17, 15) is 4.79 Å². The number of pyridine rings is 1. The van der Waals surface area contributed by atoms with Crippen LogP contribution in [0.2, 0.25) is 0 Å². The summed E-state index contributed by atoms with van der Waals surface area (Å²) in [5, 5.41) is 9.04. The largest absolute Gasteiger partial charge is 0.303 e. The number of aromatic nitrogens is 1. The van der Waals surface area contributed by atoms with Gasteiger partial charge in [-0.2, -0.15) is 5.26 Å². The predicted octanol–water partition coefficient (Wildman–Crippen LogP) is 3.45. The lowest BCUT2D eigenvalue weighted by atomic mass is 9.90. The van der Waals surface area contributed by atoms with Crippen LogP contribution in [0.25, 0.3) is 11.3 Å². The number of rotatable bonds is 3. The fraction of sp³-hybridized carbons (Fsp3) is 0.263.